The van der Waals surface area contributed by atoms with E-state index in [0.717, 1.165) is 25.7 Å². The average Bonchev–Trinajstić information content (AvgIpc) is 3.10. The number of aliphatic hydroxyl groups excluding tert-OH is 2. The molecule has 4 nitrogen and oxygen atoms in total. The summed E-state index contributed by atoms with van der Waals surface area (Å²) in [5.41, 5.74) is 1.41. The van der Waals surface area contributed by atoms with Crippen LogP contribution >= 0.6 is 0 Å². The van der Waals surface area contributed by atoms with Crippen molar-refractivity contribution in [3.05, 3.63) is 23.8 Å². The minimum atomic E-state index is -0.738. The van der Waals surface area contributed by atoms with Crippen LogP contribution in [0, 0.1) is 35.5 Å². The van der Waals surface area contributed by atoms with Crippen molar-refractivity contribution < 1.29 is 20.1 Å². The molecule has 0 bridgehead atoms. The van der Waals surface area contributed by atoms with E-state index in [-0.39, 0.29) is 24.4 Å². The minimum absolute atomic E-state index is 0.0845. The molecule has 0 amide bonds. The normalized spacial score (nSPS) is 31.6. The van der Waals surface area contributed by atoms with E-state index in [0.29, 0.717) is 24.7 Å². The standard InChI is InChI=1S/C22H32O4/c1-3-4-7-15(2)20(23)11-10-18-19-13-16(8-5-6-9-22(25)26)12-17(19)14-21(18)24/h8,10-11,15,17-21,23-24H,5-7,9,12-14H2,1-2H3,(H,25,26)/b11-10+,16-8+/t15?,17-,18-,19-,20+,21+/m0/s1. The van der Waals surface area contributed by atoms with Crippen molar-refractivity contribution in [2.75, 3.05) is 0 Å². The predicted octanol–water partition coefficient (Wildman–Crippen LogP) is 3.54. The summed E-state index contributed by atoms with van der Waals surface area (Å²) in [6, 6.07) is 0. The second-order valence-electron chi connectivity index (χ2n) is 7.84. The lowest BCUT2D eigenvalue weighted by molar-refractivity contribution is -0.137. The van der Waals surface area contributed by atoms with E-state index in [1.165, 1.54) is 5.57 Å². The molecule has 6 atom stereocenters. The molecule has 0 radical (unpaired) electrons. The molecule has 2 rings (SSSR count). The number of hydrogen-bond acceptors (Lipinski definition) is 3. The Morgan fingerprint density at radius 1 is 1.38 bits per heavy atom. The Morgan fingerprint density at radius 2 is 2.15 bits per heavy atom. The highest BCUT2D eigenvalue weighted by Crippen LogP contribution is 2.50. The molecule has 2 saturated carbocycles. The molecular formula is C22H32O4. The number of carboxylic acids is 1. The van der Waals surface area contributed by atoms with Crippen LogP contribution in [0.1, 0.15) is 58.8 Å². The maximum absolute atomic E-state index is 10.6. The monoisotopic (exact) mass is 360 g/mol. The second kappa shape index (κ2) is 9.94. The van der Waals surface area contributed by atoms with Gasteiger partial charge in [-0.15, -0.1) is 11.8 Å². The molecule has 2 aliphatic rings. The third-order valence-electron chi connectivity index (χ3n) is 5.85. The molecule has 2 fully saturated rings. The molecule has 144 valence electrons. The van der Waals surface area contributed by atoms with E-state index in [9.17, 15) is 15.0 Å². The van der Waals surface area contributed by atoms with Gasteiger partial charge in [0.2, 0.25) is 0 Å². The van der Waals surface area contributed by atoms with Crippen LogP contribution in [0.5, 0.6) is 0 Å². The van der Waals surface area contributed by atoms with Gasteiger partial charge in [-0.1, -0.05) is 30.7 Å². The van der Waals surface area contributed by atoms with Crippen LogP contribution in [-0.4, -0.2) is 33.5 Å². The van der Waals surface area contributed by atoms with Crippen molar-refractivity contribution in [3.63, 3.8) is 0 Å². The summed E-state index contributed by atoms with van der Waals surface area (Å²) in [5.74, 6) is 6.25. The summed E-state index contributed by atoms with van der Waals surface area (Å²) in [4.78, 5) is 10.6. The number of carbonyl (C=O) groups is 1. The Labute approximate surface area is 157 Å². The number of hydrogen-bond donors (Lipinski definition) is 3. The third-order valence-corrected chi connectivity index (χ3v) is 5.85. The van der Waals surface area contributed by atoms with Crippen molar-refractivity contribution in [1.82, 2.24) is 0 Å². The van der Waals surface area contributed by atoms with Gasteiger partial charge >= 0.3 is 5.97 Å². The molecule has 1 unspecified atom stereocenters. The van der Waals surface area contributed by atoms with E-state index < -0.39 is 12.1 Å². The molecule has 4 heteroatoms. The van der Waals surface area contributed by atoms with Crippen LogP contribution in [0.2, 0.25) is 0 Å². The van der Waals surface area contributed by atoms with Gasteiger partial charge in [-0.25, -0.2) is 0 Å². The van der Waals surface area contributed by atoms with Gasteiger partial charge in [0.25, 0.3) is 0 Å². The number of aliphatic carboxylic acids is 1. The summed E-state index contributed by atoms with van der Waals surface area (Å²) >= 11 is 0. The zero-order chi connectivity index (χ0) is 19.1. The Kier molecular flexibility index (Phi) is 7.93. The maximum Gasteiger partial charge on any atom is 0.303 e. The number of fused-ring (bicyclic) bond motifs is 1. The van der Waals surface area contributed by atoms with Gasteiger partial charge < -0.3 is 15.3 Å². The zero-order valence-corrected chi connectivity index (χ0v) is 15.9. The van der Waals surface area contributed by atoms with E-state index >= 15 is 0 Å². The smallest absolute Gasteiger partial charge is 0.303 e. The highest BCUT2D eigenvalue weighted by Gasteiger charge is 2.44. The summed E-state index contributed by atoms with van der Waals surface area (Å²) in [7, 11) is 0. The highest BCUT2D eigenvalue weighted by molar-refractivity contribution is 5.66. The van der Waals surface area contributed by atoms with Crippen LogP contribution in [0.4, 0.5) is 0 Å². The fourth-order valence-electron chi connectivity index (χ4n) is 4.31. The van der Waals surface area contributed by atoms with Crippen LogP contribution in [-0.2, 0) is 4.79 Å². The molecule has 0 aliphatic heterocycles. The first-order chi connectivity index (χ1) is 12.4. The topological polar surface area (TPSA) is 77.8 Å². The molecule has 0 aromatic heterocycles. The molecule has 3 N–H and O–H groups in total. The summed E-state index contributed by atoms with van der Waals surface area (Å²) in [5, 5.41) is 29.4. The molecule has 2 aliphatic carbocycles. The number of allylic oxidation sites excluding steroid dienone is 2. The van der Waals surface area contributed by atoms with Crippen molar-refractivity contribution in [3.8, 4) is 11.8 Å². The first-order valence-corrected chi connectivity index (χ1v) is 9.76. The van der Waals surface area contributed by atoms with Gasteiger partial charge in [0.05, 0.1) is 12.2 Å². The lowest BCUT2D eigenvalue weighted by atomic mass is 9.89. The van der Waals surface area contributed by atoms with Crippen LogP contribution in [0.15, 0.2) is 23.8 Å². The molecule has 0 aromatic carbocycles. The molecular weight excluding hydrogens is 328 g/mol. The fourth-order valence-corrected chi connectivity index (χ4v) is 4.31. The van der Waals surface area contributed by atoms with E-state index in [2.05, 4.69) is 17.9 Å². The minimum Gasteiger partial charge on any atom is -0.481 e. The third kappa shape index (κ3) is 5.72. The molecule has 0 saturated heterocycles. The highest BCUT2D eigenvalue weighted by atomic mass is 16.4. The number of unbranched alkanes of at least 4 members (excludes halogenated alkanes) is 1. The van der Waals surface area contributed by atoms with Crippen molar-refractivity contribution in [2.45, 2.75) is 71.0 Å². The first-order valence-electron chi connectivity index (χ1n) is 9.76. The number of carboxylic acid groups (broad SMARTS) is 1. The SMILES string of the molecule is CC#CCC(C)[C@H](O)/C=C/[C@H]1[C@H]2C/C(=C/CCCC(=O)O)C[C@H]2C[C@H]1O. The predicted molar refractivity (Wildman–Crippen MR) is 102 cm³/mol. The van der Waals surface area contributed by atoms with Gasteiger partial charge in [-0.05, 0) is 56.8 Å². The Bertz CT molecular complexity index is 595. The quantitative estimate of drug-likeness (QED) is 0.351. The van der Waals surface area contributed by atoms with Crippen LogP contribution in [0.3, 0.4) is 0 Å². The van der Waals surface area contributed by atoms with Crippen molar-refractivity contribution in [1.29, 1.82) is 0 Å². The fraction of sp³-hybridized carbons (Fsp3) is 0.682. The van der Waals surface area contributed by atoms with E-state index in [1.54, 1.807) is 6.92 Å². The number of aliphatic hydroxyl groups is 2. The van der Waals surface area contributed by atoms with E-state index in [4.69, 9.17) is 5.11 Å². The summed E-state index contributed by atoms with van der Waals surface area (Å²) < 4.78 is 0. The Hall–Kier alpha value is -1.57. The first kappa shape index (κ1) is 20.7. The lowest BCUT2D eigenvalue weighted by Crippen LogP contribution is -2.19. The molecule has 0 heterocycles. The van der Waals surface area contributed by atoms with Gasteiger partial charge in [0, 0.05) is 18.8 Å². The molecule has 26 heavy (non-hydrogen) atoms. The molecule has 0 spiro atoms. The summed E-state index contributed by atoms with van der Waals surface area (Å²) in [6.07, 6.45) is 10.4. The Morgan fingerprint density at radius 3 is 2.85 bits per heavy atom. The van der Waals surface area contributed by atoms with Crippen LogP contribution < -0.4 is 0 Å². The van der Waals surface area contributed by atoms with Gasteiger partial charge in [0.1, 0.15) is 0 Å². The molecule has 0 aromatic rings. The maximum atomic E-state index is 10.6. The van der Waals surface area contributed by atoms with Crippen molar-refractivity contribution >= 4 is 5.97 Å². The van der Waals surface area contributed by atoms with Gasteiger partial charge in [0.15, 0.2) is 0 Å². The van der Waals surface area contributed by atoms with Crippen LogP contribution in [0.25, 0.3) is 0 Å². The Balaban J connectivity index is 1.89. The van der Waals surface area contributed by atoms with Gasteiger partial charge in [-0.3, -0.25) is 4.79 Å². The lowest BCUT2D eigenvalue weighted by Gasteiger charge is -2.19. The zero-order valence-electron chi connectivity index (χ0n) is 15.9. The average molecular weight is 360 g/mol. The second-order valence-corrected chi connectivity index (χ2v) is 7.84. The largest absolute Gasteiger partial charge is 0.481 e. The summed E-state index contributed by atoms with van der Waals surface area (Å²) in [6.45, 7) is 3.79. The van der Waals surface area contributed by atoms with E-state index in [1.807, 2.05) is 19.1 Å². The van der Waals surface area contributed by atoms with Gasteiger partial charge in [-0.2, -0.15) is 0 Å². The van der Waals surface area contributed by atoms with Crippen molar-refractivity contribution in [2.24, 2.45) is 23.7 Å². The number of rotatable bonds is 8.